The van der Waals surface area contributed by atoms with Crippen LogP contribution >= 0.6 is 12.4 Å². The van der Waals surface area contributed by atoms with Crippen molar-refractivity contribution in [3.05, 3.63) is 66.0 Å². The minimum Gasteiger partial charge on any atom is -0.496 e. The van der Waals surface area contributed by atoms with Gasteiger partial charge in [-0.05, 0) is 30.9 Å². The molecule has 0 saturated carbocycles. The zero-order chi connectivity index (χ0) is 16.4. The summed E-state index contributed by atoms with van der Waals surface area (Å²) in [5.41, 5.74) is 3.83. The van der Waals surface area contributed by atoms with Crippen molar-refractivity contribution in [3.8, 4) is 5.75 Å². The van der Waals surface area contributed by atoms with E-state index in [1.165, 1.54) is 34.1 Å². The first-order valence-electron chi connectivity index (χ1n) is 8.60. The minimum atomic E-state index is 0. The number of hydrogen-bond donors (Lipinski definition) is 0. The topological polar surface area (TPSA) is 56.9 Å². The quantitative estimate of drug-likeness (QED) is 0.699. The highest BCUT2D eigenvalue weighted by Crippen LogP contribution is 2.33. The van der Waals surface area contributed by atoms with E-state index in [2.05, 4.69) is 41.3 Å². The van der Waals surface area contributed by atoms with Crippen LogP contribution in [-0.2, 0) is 12.8 Å². The highest BCUT2D eigenvalue weighted by Gasteiger charge is 2.20. The first-order valence-corrected chi connectivity index (χ1v) is 8.60. The van der Waals surface area contributed by atoms with E-state index in [9.17, 15) is 0 Å². The summed E-state index contributed by atoms with van der Waals surface area (Å²) >= 11 is 0. The van der Waals surface area contributed by atoms with Crippen molar-refractivity contribution in [2.45, 2.75) is 19.3 Å². The predicted octanol–water partition coefficient (Wildman–Crippen LogP) is 3.84. The van der Waals surface area contributed by atoms with Crippen LogP contribution in [0.2, 0.25) is 0 Å². The van der Waals surface area contributed by atoms with Crippen LogP contribution < -0.4 is 9.64 Å². The Labute approximate surface area is 160 Å². The van der Waals surface area contributed by atoms with Gasteiger partial charge in [0.25, 0.3) is 0 Å². The third-order valence-corrected chi connectivity index (χ3v) is 4.85. The van der Waals surface area contributed by atoms with Gasteiger partial charge >= 0.3 is 0 Å². The van der Waals surface area contributed by atoms with Gasteiger partial charge in [-0.1, -0.05) is 42.5 Å². The molecule has 26 heavy (non-hydrogen) atoms. The van der Waals surface area contributed by atoms with Gasteiger partial charge in [0.2, 0.25) is 0 Å². The second kappa shape index (κ2) is 8.88. The lowest BCUT2D eigenvalue weighted by Crippen LogP contribution is -2.32. The zero-order valence-corrected chi connectivity index (χ0v) is 15.8. The molecule has 0 saturated heterocycles. The van der Waals surface area contributed by atoms with Crippen LogP contribution in [-0.4, -0.2) is 30.7 Å². The molecule has 0 radical (unpaired) electrons. The van der Waals surface area contributed by atoms with E-state index in [0.717, 1.165) is 31.7 Å². The number of ether oxygens (including phenoxy) is 1. The van der Waals surface area contributed by atoms with E-state index in [1.54, 1.807) is 7.11 Å². The van der Waals surface area contributed by atoms with Gasteiger partial charge in [0.05, 0.1) is 18.5 Å². The van der Waals surface area contributed by atoms with Gasteiger partial charge in [0.15, 0.2) is 0 Å². The number of nitrogens with zero attached hydrogens (tertiary/aromatic N) is 2. The number of pyridine rings is 1. The fraction of sp³-hybridized carbons (Fsp3) is 0.286. The highest BCUT2D eigenvalue weighted by molar-refractivity contribution is 5.95. The van der Waals surface area contributed by atoms with Gasteiger partial charge in [0.1, 0.15) is 5.75 Å². The molecule has 138 valence electrons. The van der Waals surface area contributed by atoms with Gasteiger partial charge in [-0.3, -0.25) is 4.98 Å². The molecule has 0 bridgehead atoms. The summed E-state index contributed by atoms with van der Waals surface area (Å²) in [5.74, 6) is 0.978. The molecule has 4 rings (SSSR count). The van der Waals surface area contributed by atoms with E-state index < -0.39 is 0 Å². The molecule has 0 aliphatic carbocycles. The number of hydrogen-bond acceptors (Lipinski definition) is 3. The molecule has 2 heterocycles. The van der Waals surface area contributed by atoms with Crippen molar-refractivity contribution in [2.24, 2.45) is 0 Å². The van der Waals surface area contributed by atoms with Crippen molar-refractivity contribution in [1.29, 1.82) is 0 Å². The maximum atomic E-state index is 5.49. The van der Waals surface area contributed by atoms with E-state index in [-0.39, 0.29) is 17.9 Å². The summed E-state index contributed by atoms with van der Waals surface area (Å²) in [6, 6.07) is 16.9. The van der Waals surface area contributed by atoms with Crippen LogP contribution in [0.4, 0.5) is 5.69 Å². The fourth-order valence-corrected chi connectivity index (χ4v) is 3.66. The number of halogens is 1. The van der Waals surface area contributed by atoms with Crippen LogP contribution in [0.15, 0.2) is 54.7 Å². The monoisotopic (exact) mass is 372 g/mol. The van der Waals surface area contributed by atoms with Crippen LogP contribution in [0.1, 0.15) is 17.7 Å². The minimum absolute atomic E-state index is 0. The first kappa shape index (κ1) is 20.0. The summed E-state index contributed by atoms with van der Waals surface area (Å²) < 4.78 is 5.49. The van der Waals surface area contributed by atoms with E-state index >= 15 is 0 Å². The Balaban J connectivity index is 0.00000121. The summed E-state index contributed by atoms with van der Waals surface area (Å²) in [5, 5.41) is 2.54. The normalized spacial score (nSPS) is 12.7. The highest BCUT2D eigenvalue weighted by atomic mass is 35.5. The summed E-state index contributed by atoms with van der Waals surface area (Å²) in [6.07, 6.45) is 5.24. The number of anilines is 1. The molecule has 1 aliphatic rings. The smallest absolute Gasteiger partial charge is 0.122 e. The van der Waals surface area contributed by atoms with Crippen molar-refractivity contribution in [3.63, 3.8) is 0 Å². The van der Waals surface area contributed by atoms with Crippen LogP contribution in [0.5, 0.6) is 5.75 Å². The molecule has 5 heteroatoms. The van der Waals surface area contributed by atoms with Crippen LogP contribution in [0.3, 0.4) is 0 Å². The number of rotatable bonds is 4. The number of aromatic nitrogens is 1. The van der Waals surface area contributed by atoms with E-state index in [0.29, 0.717) is 0 Å². The molecule has 3 aromatic rings. The molecule has 2 aromatic carbocycles. The number of methoxy groups -OCH3 is 1. The third kappa shape index (κ3) is 3.76. The Kier molecular flexibility index (Phi) is 6.83. The predicted molar refractivity (Wildman–Crippen MR) is 110 cm³/mol. The van der Waals surface area contributed by atoms with Crippen molar-refractivity contribution >= 4 is 28.9 Å². The average Bonchev–Trinajstić information content (AvgIpc) is 2.66. The average molecular weight is 373 g/mol. The Morgan fingerprint density at radius 2 is 1.85 bits per heavy atom. The maximum absolute atomic E-state index is 5.49. The Morgan fingerprint density at radius 3 is 2.69 bits per heavy atom. The van der Waals surface area contributed by atoms with Gasteiger partial charge < -0.3 is 15.1 Å². The lowest BCUT2D eigenvalue weighted by atomic mass is 10.0. The third-order valence-electron chi connectivity index (χ3n) is 4.85. The lowest BCUT2D eigenvalue weighted by Gasteiger charge is -2.32. The van der Waals surface area contributed by atoms with Gasteiger partial charge in [-0.15, -0.1) is 12.4 Å². The number of benzene rings is 2. The standard InChI is InChI=1S/C21H22N2O.ClH.H2O/c1-24-20-11-5-3-7-16(20)12-14-23-13-6-10-19-21(23)18-9-4-2-8-17(18)15-22-19;;/h2-5,7-9,11,15H,6,10,12-14H2,1H3;1H;1H2. The molecular weight excluding hydrogens is 348 g/mol. The zero-order valence-electron chi connectivity index (χ0n) is 14.9. The molecule has 4 nitrogen and oxygen atoms in total. The number of aryl methyl sites for hydroxylation is 1. The summed E-state index contributed by atoms with van der Waals surface area (Å²) in [6.45, 7) is 2.08. The summed E-state index contributed by atoms with van der Waals surface area (Å²) in [4.78, 5) is 7.22. The molecule has 0 fully saturated rings. The number of fused-ring (bicyclic) bond motifs is 3. The first-order chi connectivity index (χ1) is 11.9. The second-order valence-electron chi connectivity index (χ2n) is 6.29. The molecule has 0 atom stereocenters. The molecule has 1 aliphatic heterocycles. The molecular formula is C21H25ClN2O2. The molecule has 2 N–H and O–H groups in total. The van der Waals surface area contributed by atoms with Gasteiger partial charge in [0, 0.05) is 30.1 Å². The van der Waals surface area contributed by atoms with Crippen LogP contribution in [0.25, 0.3) is 10.8 Å². The van der Waals surface area contributed by atoms with E-state index in [1.807, 2.05) is 18.3 Å². The van der Waals surface area contributed by atoms with Gasteiger partial charge in [-0.25, -0.2) is 0 Å². The Hall–Kier alpha value is -2.30. The lowest BCUT2D eigenvalue weighted by molar-refractivity contribution is 0.409. The molecule has 1 aromatic heterocycles. The fourth-order valence-electron chi connectivity index (χ4n) is 3.66. The number of para-hydroxylation sites is 1. The summed E-state index contributed by atoms with van der Waals surface area (Å²) in [7, 11) is 1.74. The van der Waals surface area contributed by atoms with Crippen LogP contribution in [0, 0.1) is 0 Å². The largest absolute Gasteiger partial charge is 0.496 e. The van der Waals surface area contributed by atoms with Crippen molar-refractivity contribution < 1.29 is 10.2 Å². The molecule has 0 spiro atoms. The SMILES string of the molecule is COc1ccccc1CCN1CCCc2ncc3ccccc3c21.Cl.O. The van der Waals surface area contributed by atoms with Gasteiger partial charge in [-0.2, -0.15) is 0 Å². The Morgan fingerprint density at radius 1 is 1.08 bits per heavy atom. The Bertz CT molecular complexity index is 870. The molecule has 0 unspecified atom stereocenters. The van der Waals surface area contributed by atoms with E-state index in [4.69, 9.17) is 9.72 Å². The molecule has 0 amide bonds. The maximum Gasteiger partial charge on any atom is 0.122 e. The second-order valence-corrected chi connectivity index (χ2v) is 6.29. The van der Waals surface area contributed by atoms with Crippen molar-refractivity contribution in [1.82, 2.24) is 4.98 Å². The van der Waals surface area contributed by atoms with Crippen molar-refractivity contribution in [2.75, 3.05) is 25.1 Å².